The maximum atomic E-state index is 15.1. The summed E-state index contributed by atoms with van der Waals surface area (Å²) in [6, 6.07) is 13.1. The van der Waals surface area contributed by atoms with Crippen LogP contribution in [0.5, 0.6) is 5.75 Å². The number of imidazole rings is 1. The van der Waals surface area contributed by atoms with Gasteiger partial charge in [0.05, 0.1) is 19.2 Å². The van der Waals surface area contributed by atoms with E-state index in [2.05, 4.69) is 9.88 Å². The first kappa shape index (κ1) is 27.9. The molecule has 1 N–H and O–H groups in total. The Hall–Kier alpha value is -3.86. The van der Waals surface area contributed by atoms with E-state index in [0.29, 0.717) is 35.6 Å². The highest BCUT2D eigenvalue weighted by Gasteiger charge is 2.32. The van der Waals surface area contributed by atoms with E-state index in [1.807, 2.05) is 22.8 Å². The predicted molar refractivity (Wildman–Crippen MR) is 156 cm³/mol. The van der Waals surface area contributed by atoms with E-state index < -0.39 is 23.7 Å². The van der Waals surface area contributed by atoms with Gasteiger partial charge in [-0.3, -0.25) is 4.90 Å². The maximum absolute atomic E-state index is 15.1. The van der Waals surface area contributed by atoms with Crippen molar-refractivity contribution >= 4 is 34.8 Å². The normalized spacial score (nSPS) is 20.8. The van der Waals surface area contributed by atoms with Crippen LogP contribution in [0, 0.1) is 5.82 Å². The number of halogens is 3. The summed E-state index contributed by atoms with van der Waals surface area (Å²) in [6.45, 7) is 3.48. The minimum Gasteiger partial charge on any atom is -0.478 e. The Morgan fingerprint density at radius 3 is 2.58 bits per heavy atom. The molecule has 5 heterocycles. The van der Waals surface area contributed by atoms with Gasteiger partial charge < -0.3 is 19.1 Å². The van der Waals surface area contributed by atoms with E-state index in [1.54, 1.807) is 6.07 Å². The van der Waals surface area contributed by atoms with Crippen molar-refractivity contribution in [2.75, 3.05) is 19.7 Å². The molecule has 1 unspecified atom stereocenters. The van der Waals surface area contributed by atoms with Crippen LogP contribution in [0.15, 0.2) is 54.4 Å². The molecular weight excluding hydrogens is 578 g/mol. The summed E-state index contributed by atoms with van der Waals surface area (Å²) in [6.07, 6.45) is 2.95. The molecule has 3 aliphatic heterocycles. The first-order chi connectivity index (χ1) is 20.8. The Morgan fingerprint density at radius 1 is 1.05 bits per heavy atom. The van der Waals surface area contributed by atoms with Crippen molar-refractivity contribution in [2.24, 2.45) is 0 Å². The van der Waals surface area contributed by atoms with Crippen LogP contribution in [-0.4, -0.2) is 56.3 Å². The van der Waals surface area contributed by atoms with Crippen LogP contribution < -0.4 is 4.74 Å². The van der Waals surface area contributed by atoms with Crippen LogP contribution in [0.25, 0.3) is 17.2 Å². The fraction of sp³-hybridized carbons (Fsp3) is 0.344. The molecule has 2 aromatic carbocycles. The van der Waals surface area contributed by atoms with E-state index in [1.165, 1.54) is 30.3 Å². The number of ether oxygens (including phenoxy) is 2. The molecule has 2 atom stereocenters. The molecule has 0 saturated carbocycles. The zero-order valence-corrected chi connectivity index (χ0v) is 23.9. The van der Waals surface area contributed by atoms with Gasteiger partial charge in [-0.1, -0.05) is 35.9 Å². The van der Waals surface area contributed by atoms with Gasteiger partial charge in [0, 0.05) is 22.8 Å². The lowest BCUT2D eigenvalue weighted by molar-refractivity contribution is -0.0593. The Balaban J connectivity index is 1.09. The van der Waals surface area contributed by atoms with Gasteiger partial charge in [-0.2, -0.15) is 0 Å². The molecule has 2 fully saturated rings. The standard InChI is InChI=1S/C32H29ClF2N4O4/c33-20-4-5-23(24(34)15-20)30-25(35)14-19-2-1-3-22(29(19)43-30)18-8-11-38(12-9-18)17-28-36-26-6-7-27(32(40)41)37-31(26)39(28)16-21-10-13-42-21/h1-7,14-15,18,21,30H,8-13,16-17H2,(H,40,41)/t21-,30?/m0/s1. The lowest BCUT2D eigenvalue weighted by atomic mass is 9.87. The number of hydrogen-bond donors (Lipinski definition) is 1. The van der Waals surface area contributed by atoms with Crippen LogP contribution in [0.2, 0.25) is 5.02 Å². The fourth-order valence-electron chi connectivity index (χ4n) is 6.18. The molecule has 0 aliphatic carbocycles. The molecule has 2 aromatic heterocycles. The Bertz CT molecular complexity index is 1750. The number of aromatic nitrogens is 3. The van der Waals surface area contributed by atoms with Crippen molar-refractivity contribution in [1.29, 1.82) is 0 Å². The van der Waals surface area contributed by atoms with Crippen LogP contribution >= 0.6 is 11.6 Å². The highest BCUT2D eigenvalue weighted by molar-refractivity contribution is 6.30. The molecule has 0 spiro atoms. The summed E-state index contributed by atoms with van der Waals surface area (Å²) in [4.78, 5) is 23.1. The van der Waals surface area contributed by atoms with E-state index in [0.717, 1.165) is 50.3 Å². The molecule has 8 nitrogen and oxygen atoms in total. The van der Waals surface area contributed by atoms with Crippen molar-refractivity contribution in [1.82, 2.24) is 19.4 Å². The number of fused-ring (bicyclic) bond motifs is 2. The van der Waals surface area contributed by atoms with Gasteiger partial charge in [0.1, 0.15) is 28.7 Å². The molecule has 0 amide bonds. The Morgan fingerprint density at radius 2 is 1.86 bits per heavy atom. The zero-order chi connectivity index (χ0) is 29.7. The van der Waals surface area contributed by atoms with E-state index in [9.17, 15) is 14.3 Å². The molecule has 7 rings (SSSR count). The van der Waals surface area contributed by atoms with Crippen LogP contribution in [-0.2, 0) is 17.8 Å². The van der Waals surface area contributed by atoms with E-state index in [-0.39, 0.29) is 28.3 Å². The van der Waals surface area contributed by atoms with E-state index >= 15 is 4.39 Å². The molecule has 0 bridgehead atoms. The first-order valence-corrected chi connectivity index (χ1v) is 14.8. The number of rotatable bonds is 7. The number of carboxylic acid groups (broad SMARTS) is 1. The SMILES string of the molecule is O=C(O)c1ccc2nc(CN3CCC(c4cccc5c4OC(c4ccc(Cl)cc4F)C(F)=C5)CC3)n(C[C@@H]3CCO3)c2n1. The van der Waals surface area contributed by atoms with Gasteiger partial charge in [0.2, 0.25) is 0 Å². The third-order valence-corrected chi connectivity index (χ3v) is 8.80. The molecule has 4 aromatic rings. The van der Waals surface area contributed by atoms with Gasteiger partial charge in [-0.15, -0.1) is 0 Å². The number of benzene rings is 2. The summed E-state index contributed by atoms with van der Waals surface area (Å²) in [5.74, 6) is -0.649. The number of hydrogen-bond acceptors (Lipinski definition) is 6. The highest BCUT2D eigenvalue weighted by atomic mass is 35.5. The number of para-hydroxylation sites is 1. The quantitative estimate of drug-likeness (QED) is 0.256. The maximum Gasteiger partial charge on any atom is 0.354 e. The van der Waals surface area contributed by atoms with Gasteiger partial charge in [-0.25, -0.2) is 23.5 Å². The molecular formula is C32H29ClF2N4O4. The van der Waals surface area contributed by atoms with Gasteiger partial charge in [-0.05, 0) is 74.2 Å². The number of piperidine rings is 1. The van der Waals surface area contributed by atoms with Crippen molar-refractivity contribution < 1.29 is 28.2 Å². The van der Waals surface area contributed by atoms with Crippen molar-refractivity contribution in [3.05, 3.63) is 93.4 Å². The molecule has 2 saturated heterocycles. The van der Waals surface area contributed by atoms with Gasteiger partial charge >= 0.3 is 5.97 Å². The second-order valence-electron chi connectivity index (χ2n) is 11.3. The average Bonchev–Trinajstić information content (AvgIpc) is 3.30. The van der Waals surface area contributed by atoms with Gasteiger partial charge in [0.15, 0.2) is 17.4 Å². The lowest BCUT2D eigenvalue weighted by Crippen LogP contribution is -2.35. The summed E-state index contributed by atoms with van der Waals surface area (Å²) in [5, 5.41) is 9.70. The number of aromatic carboxylic acids is 1. The predicted octanol–water partition coefficient (Wildman–Crippen LogP) is 6.53. The van der Waals surface area contributed by atoms with Crippen molar-refractivity contribution in [3.63, 3.8) is 0 Å². The van der Waals surface area contributed by atoms with Crippen LogP contribution in [0.1, 0.15) is 64.3 Å². The lowest BCUT2D eigenvalue weighted by Gasteiger charge is -2.34. The number of nitrogens with zero attached hydrogens (tertiary/aromatic N) is 4. The van der Waals surface area contributed by atoms with Gasteiger partial charge in [0.25, 0.3) is 0 Å². The number of pyridine rings is 1. The summed E-state index contributed by atoms with van der Waals surface area (Å²) >= 11 is 5.91. The monoisotopic (exact) mass is 606 g/mol. The number of carboxylic acids is 1. The third-order valence-electron chi connectivity index (χ3n) is 8.56. The second kappa shape index (κ2) is 11.3. The summed E-state index contributed by atoms with van der Waals surface area (Å²) in [7, 11) is 0. The zero-order valence-electron chi connectivity index (χ0n) is 23.2. The molecule has 222 valence electrons. The minimum absolute atomic E-state index is 0.0141. The molecule has 43 heavy (non-hydrogen) atoms. The van der Waals surface area contributed by atoms with Crippen molar-refractivity contribution in [2.45, 2.75) is 50.5 Å². The molecule has 0 radical (unpaired) electrons. The van der Waals surface area contributed by atoms with E-state index in [4.69, 9.17) is 26.1 Å². The van der Waals surface area contributed by atoms with Crippen molar-refractivity contribution in [3.8, 4) is 5.75 Å². The topological polar surface area (TPSA) is 89.7 Å². The fourth-order valence-corrected chi connectivity index (χ4v) is 6.34. The molecule has 11 heteroatoms. The Kier molecular flexibility index (Phi) is 7.36. The largest absolute Gasteiger partial charge is 0.478 e. The van der Waals surface area contributed by atoms with Crippen LogP contribution in [0.3, 0.4) is 0 Å². The van der Waals surface area contributed by atoms with Crippen LogP contribution in [0.4, 0.5) is 8.78 Å². The third kappa shape index (κ3) is 5.39. The number of likely N-dealkylation sites (tertiary alicyclic amines) is 1. The second-order valence-corrected chi connectivity index (χ2v) is 11.7. The summed E-state index contributed by atoms with van der Waals surface area (Å²) < 4.78 is 43.6. The number of carbonyl (C=O) groups is 1. The minimum atomic E-state index is -1.17. The Labute approximate surface area is 251 Å². The molecule has 3 aliphatic rings. The first-order valence-electron chi connectivity index (χ1n) is 14.4. The smallest absolute Gasteiger partial charge is 0.354 e. The average molecular weight is 607 g/mol. The highest BCUT2D eigenvalue weighted by Crippen LogP contribution is 2.45. The summed E-state index contributed by atoms with van der Waals surface area (Å²) in [5.41, 5.74) is 2.94.